The van der Waals surface area contributed by atoms with Crippen LogP contribution in [0.15, 0.2) is 6.20 Å². The molecule has 1 atom stereocenters. The number of nitrogens with zero attached hydrogens (tertiary/aromatic N) is 5. The largest absolute Gasteiger partial charge is 0.330 e. The molecule has 2 N–H and O–H groups in total. The van der Waals surface area contributed by atoms with Gasteiger partial charge >= 0.3 is 0 Å². The fraction of sp³-hybridized carbons (Fsp3) is 0.615. The van der Waals surface area contributed by atoms with Crippen molar-refractivity contribution in [2.24, 2.45) is 18.7 Å². The molecule has 2 aromatic rings. The minimum atomic E-state index is 0.531. The van der Waals surface area contributed by atoms with Crippen LogP contribution < -0.4 is 5.73 Å². The Morgan fingerprint density at radius 1 is 1.42 bits per heavy atom. The van der Waals surface area contributed by atoms with E-state index in [9.17, 15) is 0 Å². The Balaban J connectivity index is 2.04. The first-order valence-corrected chi connectivity index (χ1v) is 6.88. The SMILES string of the molecule is CCc1nn(C)cc1-c1nnc2n1CC(CN)CC2. The lowest BCUT2D eigenvalue weighted by molar-refractivity contribution is 0.375. The highest BCUT2D eigenvalue weighted by atomic mass is 15.3. The standard InChI is InChI=1S/C13H20N6/c1-3-11-10(8-18(2)17-11)13-16-15-12-5-4-9(6-14)7-19(12)13/h8-9H,3-7,14H2,1-2H3. The Morgan fingerprint density at radius 2 is 2.26 bits per heavy atom. The third-order valence-corrected chi connectivity index (χ3v) is 3.86. The van der Waals surface area contributed by atoms with Gasteiger partial charge in [0, 0.05) is 26.2 Å². The molecular weight excluding hydrogens is 240 g/mol. The Bertz CT molecular complexity index is 582. The van der Waals surface area contributed by atoms with E-state index in [-0.39, 0.29) is 0 Å². The van der Waals surface area contributed by atoms with Crippen molar-refractivity contribution in [1.82, 2.24) is 24.5 Å². The summed E-state index contributed by atoms with van der Waals surface area (Å²) in [6, 6.07) is 0. The normalized spacial score (nSPS) is 18.6. The zero-order valence-electron chi connectivity index (χ0n) is 11.5. The van der Waals surface area contributed by atoms with Crippen molar-refractivity contribution in [2.45, 2.75) is 32.7 Å². The van der Waals surface area contributed by atoms with Crippen LogP contribution in [0.2, 0.25) is 0 Å². The molecule has 19 heavy (non-hydrogen) atoms. The molecule has 1 aliphatic heterocycles. The van der Waals surface area contributed by atoms with Crippen LogP contribution in [0.1, 0.15) is 24.9 Å². The summed E-state index contributed by atoms with van der Waals surface area (Å²) in [5, 5.41) is 13.2. The summed E-state index contributed by atoms with van der Waals surface area (Å²) in [7, 11) is 1.94. The predicted octanol–water partition coefficient (Wildman–Crippen LogP) is 0.762. The van der Waals surface area contributed by atoms with Crippen LogP contribution in [0.4, 0.5) is 0 Å². The Kier molecular flexibility index (Phi) is 3.10. The molecule has 1 unspecified atom stereocenters. The zero-order chi connectivity index (χ0) is 13.4. The number of aryl methyl sites for hydroxylation is 3. The molecule has 2 aromatic heterocycles. The Labute approximate surface area is 112 Å². The third kappa shape index (κ3) is 2.06. The molecule has 3 rings (SSSR count). The molecule has 0 bridgehead atoms. The van der Waals surface area contributed by atoms with E-state index in [2.05, 4.69) is 26.8 Å². The topological polar surface area (TPSA) is 74.5 Å². The fourth-order valence-electron chi connectivity index (χ4n) is 2.77. The third-order valence-electron chi connectivity index (χ3n) is 3.86. The highest BCUT2D eigenvalue weighted by Crippen LogP contribution is 2.27. The van der Waals surface area contributed by atoms with Gasteiger partial charge in [-0.1, -0.05) is 6.92 Å². The van der Waals surface area contributed by atoms with Gasteiger partial charge in [-0.25, -0.2) is 0 Å². The van der Waals surface area contributed by atoms with Gasteiger partial charge in [0.15, 0.2) is 5.82 Å². The van der Waals surface area contributed by atoms with E-state index < -0.39 is 0 Å². The second-order valence-corrected chi connectivity index (χ2v) is 5.21. The molecule has 0 spiro atoms. The smallest absolute Gasteiger partial charge is 0.167 e. The summed E-state index contributed by atoms with van der Waals surface area (Å²) in [5.74, 6) is 2.55. The van der Waals surface area contributed by atoms with Crippen LogP contribution in [0, 0.1) is 5.92 Å². The lowest BCUT2D eigenvalue weighted by Gasteiger charge is -2.22. The molecule has 0 aliphatic carbocycles. The second kappa shape index (κ2) is 4.77. The first-order chi connectivity index (χ1) is 9.22. The van der Waals surface area contributed by atoms with Crippen molar-refractivity contribution < 1.29 is 0 Å². The van der Waals surface area contributed by atoms with Crippen molar-refractivity contribution in [3.05, 3.63) is 17.7 Å². The summed E-state index contributed by atoms with van der Waals surface area (Å²) in [6.45, 7) is 3.76. The van der Waals surface area contributed by atoms with Gasteiger partial charge in [0.25, 0.3) is 0 Å². The van der Waals surface area contributed by atoms with E-state index in [1.54, 1.807) is 0 Å². The molecule has 0 aromatic carbocycles. The Morgan fingerprint density at radius 3 is 3.00 bits per heavy atom. The van der Waals surface area contributed by atoms with Crippen LogP contribution in [0.25, 0.3) is 11.4 Å². The number of rotatable bonds is 3. The van der Waals surface area contributed by atoms with Gasteiger partial charge in [0.2, 0.25) is 0 Å². The van der Waals surface area contributed by atoms with Crippen molar-refractivity contribution in [3.63, 3.8) is 0 Å². The molecule has 6 heteroatoms. The van der Waals surface area contributed by atoms with Crippen molar-refractivity contribution in [2.75, 3.05) is 6.54 Å². The quantitative estimate of drug-likeness (QED) is 0.884. The number of hydrogen-bond acceptors (Lipinski definition) is 4. The summed E-state index contributed by atoms with van der Waals surface area (Å²) in [6.07, 6.45) is 5.01. The number of fused-ring (bicyclic) bond motifs is 1. The van der Waals surface area contributed by atoms with E-state index in [4.69, 9.17) is 5.73 Å². The van der Waals surface area contributed by atoms with Gasteiger partial charge in [0.1, 0.15) is 5.82 Å². The summed E-state index contributed by atoms with van der Waals surface area (Å²) in [4.78, 5) is 0. The van der Waals surface area contributed by atoms with Gasteiger partial charge in [0.05, 0.1) is 11.3 Å². The highest BCUT2D eigenvalue weighted by Gasteiger charge is 2.24. The van der Waals surface area contributed by atoms with E-state index in [0.717, 1.165) is 55.3 Å². The van der Waals surface area contributed by atoms with Gasteiger partial charge < -0.3 is 10.3 Å². The average molecular weight is 260 g/mol. The average Bonchev–Trinajstić information content (AvgIpc) is 3.00. The van der Waals surface area contributed by atoms with Crippen molar-refractivity contribution in [1.29, 1.82) is 0 Å². The van der Waals surface area contributed by atoms with E-state index in [1.807, 2.05) is 17.9 Å². The number of aromatic nitrogens is 5. The molecule has 0 radical (unpaired) electrons. The second-order valence-electron chi connectivity index (χ2n) is 5.21. The lowest BCUT2D eigenvalue weighted by atomic mass is 9.99. The number of hydrogen-bond donors (Lipinski definition) is 1. The van der Waals surface area contributed by atoms with E-state index in [0.29, 0.717) is 5.92 Å². The van der Waals surface area contributed by atoms with Crippen molar-refractivity contribution >= 4 is 0 Å². The minimum absolute atomic E-state index is 0.531. The molecule has 1 aliphatic rings. The molecular formula is C13H20N6. The molecule has 0 saturated carbocycles. The first kappa shape index (κ1) is 12.3. The van der Waals surface area contributed by atoms with Crippen LogP contribution in [-0.2, 0) is 26.4 Å². The van der Waals surface area contributed by atoms with Gasteiger partial charge in [-0.15, -0.1) is 10.2 Å². The lowest BCUT2D eigenvalue weighted by Crippen LogP contribution is -2.26. The van der Waals surface area contributed by atoms with Crippen molar-refractivity contribution in [3.8, 4) is 11.4 Å². The van der Waals surface area contributed by atoms with Crippen LogP contribution >= 0.6 is 0 Å². The molecule has 0 saturated heterocycles. The summed E-state index contributed by atoms with van der Waals surface area (Å²) in [5.41, 5.74) is 7.98. The van der Waals surface area contributed by atoms with Gasteiger partial charge in [-0.05, 0) is 25.3 Å². The highest BCUT2D eigenvalue weighted by molar-refractivity contribution is 5.57. The van der Waals surface area contributed by atoms with E-state index in [1.165, 1.54) is 0 Å². The van der Waals surface area contributed by atoms with Crippen LogP contribution in [0.5, 0.6) is 0 Å². The van der Waals surface area contributed by atoms with E-state index >= 15 is 0 Å². The fourth-order valence-corrected chi connectivity index (χ4v) is 2.77. The first-order valence-electron chi connectivity index (χ1n) is 6.88. The molecule has 0 amide bonds. The maximum absolute atomic E-state index is 5.81. The summed E-state index contributed by atoms with van der Waals surface area (Å²) < 4.78 is 4.07. The maximum Gasteiger partial charge on any atom is 0.167 e. The molecule has 3 heterocycles. The molecule has 0 fully saturated rings. The maximum atomic E-state index is 5.81. The van der Waals surface area contributed by atoms with Gasteiger partial charge in [-0.3, -0.25) is 4.68 Å². The Hall–Kier alpha value is -1.69. The monoisotopic (exact) mass is 260 g/mol. The number of nitrogens with two attached hydrogens (primary N) is 1. The molecule has 102 valence electrons. The van der Waals surface area contributed by atoms with Crippen LogP contribution in [-0.4, -0.2) is 31.1 Å². The zero-order valence-corrected chi connectivity index (χ0v) is 11.5. The van der Waals surface area contributed by atoms with Gasteiger partial charge in [-0.2, -0.15) is 5.10 Å². The molecule has 6 nitrogen and oxygen atoms in total. The minimum Gasteiger partial charge on any atom is -0.330 e. The summed E-state index contributed by atoms with van der Waals surface area (Å²) >= 11 is 0. The van der Waals surface area contributed by atoms with Crippen LogP contribution in [0.3, 0.4) is 0 Å². The predicted molar refractivity (Wildman–Crippen MR) is 72.5 cm³/mol.